The fraction of sp³-hybridized carbons (Fsp3) is 0.700. The second-order valence-corrected chi connectivity index (χ2v) is 4.54. The molecule has 2 saturated heterocycles. The lowest BCUT2D eigenvalue weighted by molar-refractivity contribution is 0.141. The van der Waals surface area contributed by atoms with Gasteiger partial charge in [-0.05, 0) is 12.3 Å². The Labute approximate surface area is 94.2 Å². The van der Waals surface area contributed by atoms with E-state index in [4.69, 9.17) is 9.31 Å². The molecule has 0 aromatic heterocycles. The average molecular weight is 223 g/mol. The maximum absolute atomic E-state index is 11.2. The summed E-state index contributed by atoms with van der Waals surface area (Å²) in [4.78, 5) is 12.7. The largest absolute Gasteiger partial charge is 0.482 e. The molecular formula is C10H14BNO4. The first kappa shape index (κ1) is 10.2. The Bertz CT molecular complexity index is 329. The number of carboxylic acid groups (broad SMARTS) is 1. The number of rotatable bonds is 1. The molecule has 86 valence electrons. The zero-order chi connectivity index (χ0) is 11.1. The summed E-state index contributed by atoms with van der Waals surface area (Å²) in [6.07, 6.45) is 4.35. The molecule has 0 spiro atoms. The van der Waals surface area contributed by atoms with E-state index in [1.807, 2.05) is 0 Å². The molecule has 3 aliphatic rings. The van der Waals surface area contributed by atoms with Gasteiger partial charge in [0.25, 0.3) is 0 Å². The van der Waals surface area contributed by atoms with Crippen molar-refractivity contribution in [2.75, 3.05) is 19.8 Å². The number of hydrogen-bond donors (Lipinski definition) is 1. The first-order valence-electron chi connectivity index (χ1n) is 5.67. The highest BCUT2D eigenvalue weighted by Gasteiger charge is 2.52. The summed E-state index contributed by atoms with van der Waals surface area (Å²) >= 11 is 0. The van der Waals surface area contributed by atoms with Crippen molar-refractivity contribution in [1.29, 1.82) is 0 Å². The number of amides is 1. The van der Waals surface area contributed by atoms with E-state index in [1.165, 1.54) is 4.90 Å². The van der Waals surface area contributed by atoms with Crippen molar-refractivity contribution in [3.8, 4) is 0 Å². The van der Waals surface area contributed by atoms with Crippen molar-refractivity contribution in [2.45, 2.75) is 12.4 Å². The Morgan fingerprint density at radius 2 is 2.19 bits per heavy atom. The van der Waals surface area contributed by atoms with E-state index in [2.05, 4.69) is 12.2 Å². The van der Waals surface area contributed by atoms with Crippen LogP contribution in [0.4, 0.5) is 4.79 Å². The van der Waals surface area contributed by atoms with E-state index < -0.39 is 6.09 Å². The van der Waals surface area contributed by atoms with Crippen LogP contribution in [0.1, 0.15) is 6.42 Å². The quantitative estimate of drug-likeness (QED) is 0.522. The number of allylic oxidation sites excluding steroid dienone is 1. The maximum Gasteiger partial charge on any atom is 0.482 e. The summed E-state index contributed by atoms with van der Waals surface area (Å²) in [6.45, 7) is 1.73. The molecule has 6 heteroatoms. The summed E-state index contributed by atoms with van der Waals surface area (Å²) in [5.41, 5.74) is 0. The molecule has 2 heterocycles. The van der Waals surface area contributed by atoms with E-state index >= 15 is 0 Å². The van der Waals surface area contributed by atoms with Crippen LogP contribution in [0.5, 0.6) is 0 Å². The number of likely N-dealkylation sites (tertiary alicyclic amines) is 1. The Kier molecular flexibility index (Phi) is 2.40. The van der Waals surface area contributed by atoms with Crippen LogP contribution in [0.25, 0.3) is 0 Å². The summed E-state index contributed by atoms with van der Waals surface area (Å²) in [6, 6.07) is 0. The third kappa shape index (κ3) is 1.44. The monoisotopic (exact) mass is 223 g/mol. The lowest BCUT2D eigenvalue weighted by Gasteiger charge is -2.25. The van der Waals surface area contributed by atoms with E-state index in [1.54, 1.807) is 0 Å². The van der Waals surface area contributed by atoms with Gasteiger partial charge in [-0.25, -0.2) is 4.79 Å². The molecule has 5 nitrogen and oxygen atoms in total. The van der Waals surface area contributed by atoms with Gasteiger partial charge in [0.05, 0.1) is 19.2 Å². The van der Waals surface area contributed by atoms with Crippen LogP contribution < -0.4 is 0 Å². The highest BCUT2D eigenvalue weighted by Crippen LogP contribution is 2.39. The minimum atomic E-state index is -0.869. The molecule has 0 aromatic rings. The fourth-order valence-corrected chi connectivity index (χ4v) is 3.00. The third-order valence-electron chi connectivity index (χ3n) is 3.70. The van der Waals surface area contributed by atoms with E-state index in [9.17, 15) is 9.90 Å². The van der Waals surface area contributed by atoms with Gasteiger partial charge in [0.15, 0.2) is 0 Å². The highest BCUT2D eigenvalue weighted by molar-refractivity contribution is 6.47. The molecule has 0 aromatic carbocycles. The van der Waals surface area contributed by atoms with Crippen molar-refractivity contribution in [3.05, 3.63) is 12.2 Å². The first-order chi connectivity index (χ1) is 7.77. The summed E-state index contributed by atoms with van der Waals surface area (Å²) < 4.78 is 10.9. The zero-order valence-corrected chi connectivity index (χ0v) is 8.91. The first-order valence-corrected chi connectivity index (χ1v) is 5.67. The van der Waals surface area contributed by atoms with E-state index in [-0.39, 0.29) is 19.0 Å². The van der Waals surface area contributed by atoms with Crippen molar-refractivity contribution >= 4 is 13.2 Å². The molecule has 3 rings (SSSR count). The predicted octanol–water partition coefficient (Wildman–Crippen LogP) is 0.615. The van der Waals surface area contributed by atoms with Crippen LogP contribution in [-0.2, 0) is 9.31 Å². The lowest BCUT2D eigenvalue weighted by atomic mass is 9.70. The normalized spacial score (nSPS) is 37.1. The predicted molar refractivity (Wildman–Crippen MR) is 56.9 cm³/mol. The molecular weight excluding hydrogens is 209 g/mol. The fourth-order valence-electron chi connectivity index (χ4n) is 3.00. The highest BCUT2D eigenvalue weighted by atomic mass is 16.6. The van der Waals surface area contributed by atoms with Gasteiger partial charge >= 0.3 is 13.2 Å². The van der Waals surface area contributed by atoms with E-state index in [0.717, 1.165) is 6.42 Å². The van der Waals surface area contributed by atoms with E-state index in [0.29, 0.717) is 25.7 Å². The van der Waals surface area contributed by atoms with Gasteiger partial charge in [-0.15, -0.1) is 0 Å². The van der Waals surface area contributed by atoms with Crippen molar-refractivity contribution in [2.24, 2.45) is 11.8 Å². The number of carbonyl (C=O) groups is 1. The number of nitrogens with zero attached hydrogens (tertiary/aromatic N) is 1. The van der Waals surface area contributed by atoms with Gasteiger partial charge in [-0.3, -0.25) is 0 Å². The minimum absolute atomic E-state index is 0.163. The van der Waals surface area contributed by atoms with Crippen LogP contribution in [-0.4, -0.2) is 48.9 Å². The second-order valence-electron chi connectivity index (χ2n) is 4.54. The molecule has 0 saturated carbocycles. The molecule has 3 atom stereocenters. The summed E-state index contributed by atoms with van der Waals surface area (Å²) in [5, 5.41) is 9.19. The Hall–Kier alpha value is -1.01. The van der Waals surface area contributed by atoms with Gasteiger partial charge in [0, 0.05) is 12.5 Å². The van der Waals surface area contributed by atoms with Gasteiger partial charge in [-0.2, -0.15) is 0 Å². The molecule has 0 radical (unpaired) electrons. The Morgan fingerprint density at radius 1 is 1.44 bits per heavy atom. The zero-order valence-electron chi connectivity index (χ0n) is 8.91. The minimum Gasteiger partial charge on any atom is -0.465 e. The SMILES string of the molecule is O=C(O)N1CC2CC=CC2C1B1OCCO1. The van der Waals surface area contributed by atoms with Crippen molar-refractivity contribution in [3.63, 3.8) is 0 Å². The van der Waals surface area contributed by atoms with Crippen molar-refractivity contribution in [1.82, 2.24) is 4.90 Å². The summed E-state index contributed by atoms with van der Waals surface area (Å²) in [7, 11) is -0.381. The van der Waals surface area contributed by atoms with Crippen LogP contribution in [0.2, 0.25) is 0 Å². The molecule has 0 bridgehead atoms. The standard InChI is InChI=1S/C10H14BNO4/c13-10(14)12-6-7-2-1-3-8(7)9(12)11-15-4-5-16-11/h1,3,7-9H,2,4-6H2,(H,13,14). The van der Waals surface area contributed by atoms with Crippen LogP contribution in [0.3, 0.4) is 0 Å². The third-order valence-corrected chi connectivity index (χ3v) is 3.70. The Balaban J connectivity index is 1.84. The molecule has 3 unspecified atom stereocenters. The lowest BCUT2D eigenvalue weighted by Crippen LogP contribution is -2.48. The molecule has 2 fully saturated rings. The van der Waals surface area contributed by atoms with Gasteiger partial charge in [0.1, 0.15) is 0 Å². The second kappa shape index (κ2) is 3.78. The average Bonchev–Trinajstić information content (AvgIpc) is 2.92. The molecule has 16 heavy (non-hydrogen) atoms. The molecule has 1 amide bonds. The smallest absolute Gasteiger partial charge is 0.465 e. The van der Waals surface area contributed by atoms with Crippen LogP contribution >= 0.6 is 0 Å². The van der Waals surface area contributed by atoms with Crippen LogP contribution in [0, 0.1) is 11.8 Å². The number of fused-ring (bicyclic) bond motifs is 1. The Morgan fingerprint density at radius 3 is 2.88 bits per heavy atom. The summed E-state index contributed by atoms with van der Waals surface area (Å²) in [5.74, 6) is 0.511. The molecule has 1 N–H and O–H groups in total. The van der Waals surface area contributed by atoms with Crippen molar-refractivity contribution < 1.29 is 19.2 Å². The topological polar surface area (TPSA) is 59.0 Å². The number of hydrogen-bond acceptors (Lipinski definition) is 3. The van der Waals surface area contributed by atoms with Gasteiger partial charge in [0.2, 0.25) is 0 Å². The van der Waals surface area contributed by atoms with Crippen LogP contribution in [0.15, 0.2) is 12.2 Å². The molecule has 2 aliphatic heterocycles. The molecule has 1 aliphatic carbocycles. The van der Waals surface area contributed by atoms with Gasteiger partial charge in [-0.1, -0.05) is 12.2 Å². The maximum atomic E-state index is 11.2. The van der Waals surface area contributed by atoms with Gasteiger partial charge < -0.3 is 19.3 Å².